The van der Waals surface area contributed by atoms with Crippen molar-refractivity contribution in [1.82, 2.24) is 19.1 Å². The van der Waals surface area contributed by atoms with Crippen LogP contribution in [0.1, 0.15) is 0 Å². The van der Waals surface area contributed by atoms with Crippen LogP contribution in [0.25, 0.3) is 22.1 Å². The Bertz CT molecular complexity index is 955. The largest absolute Gasteiger partial charge is 0.369 e. The van der Waals surface area contributed by atoms with Crippen molar-refractivity contribution in [2.24, 2.45) is 0 Å². The van der Waals surface area contributed by atoms with E-state index in [4.69, 9.17) is 11.5 Å². The Balaban J connectivity index is 1.29. The highest BCUT2D eigenvalue weighted by molar-refractivity contribution is 8.76. The third kappa shape index (κ3) is 3.34. The fraction of sp³-hybridized carbons (Fsp3) is 0.222. The topological polar surface area (TPSA) is 87.7 Å². The highest BCUT2D eigenvalue weighted by atomic mass is 33.1. The number of fused-ring (bicyclic) bond motifs is 2. The summed E-state index contributed by atoms with van der Waals surface area (Å²) in [4.78, 5) is 8.80. The van der Waals surface area contributed by atoms with Gasteiger partial charge in [-0.3, -0.25) is 0 Å². The maximum absolute atomic E-state index is 6.04. The number of hydrogen-bond acceptors (Lipinski definition) is 6. The minimum absolute atomic E-state index is 0.578. The van der Waals surface area contributed by atoms with Crippen LogP contribution in [0.5, 0.6) is 0 Å². The molecule has 0 spiro atoms. The lowest BCUT2D eigenvalue weighted by Crippen LogP contribution is -2.06. The van der Waals surface area contributed by atoms with E-state index < -0.39 is 0 Å². The number of nitrogens with two attached hydrogens (primary N) is 2. The minimum atomic E-state index is 0.578. The van der Waals surface area contributed by atoms with E-state index in [9.17, 15) is 0 Å². The van der Waals surface area contributed by atoms with Crippen molar-refractivity contribution in [2.45, 2.75) is 13.1 Å². The van der Waals surface area contributed by atoms with E-state index in [1.807, 2.05) is 58.0 Å². The Labute approximate surface area is 159 Å². The average Bonchev–Trinajstić information content (AvgIpc) is 3.14. The first-order valence-corrected chi connectivity index (χ1v) is 10.9. The zero-order chi connectivity index (χ0) is 17.9. The monoisotopic (exact) mass is 384 g/mol. The van der Waals surface area contributed by atoms with Crippen LogP contribution in [0.2, 0.25) is 0 Å². The van der Waals surface area contributed by atoms with E-state index in [1.165, 1.54) is 0 Å². The molecule has 2 aromatic heterocycles. The summed E-state index contributed by atoms with van der Waals surface area (Å²) in [5, 5.41) is 0. The molecule has 4 aromatic rings. The van der Waals surface area contributed by atoms with Crippen molar-refractivity contribution in [1.29, 1.82) is 0 Å². The standard InChI is InChI=1S/C18H20N6S2/c19-17-21-13-5-1-3-7-15(13)23(17)9-11-25-26-12-10-24-16-8-4-2-6-14(16)22-18(24)20/h1-8H,9-12H2,(H2,19,21)(H2,20,22). The van der Waals surface area contributed by atoms with Crippen molar-refractivity contribution in [3.05, 3.63) is 48.5 Å². The van der Waals surface area contributed by atoms with Crippen LogP contribution in [-0.2, 0) is 13.1 Å². The van der Waals surface area contributed by atoms with E-state index in [0.717, 1.165) is 46.7 Å². The van der Waals surface area contributed by atoms with Crippen molar-refractivity contribution >= 4 is 55.6 Å². The number of rotatable bonds is 7. The maximum atomic E-state index is 6.04. The van der Waals surface area contributed by atoms with Crippen molar-refractivity contribution in [2.75, 3.05) is 23.0 Å². The summed E-state index contributed by atoms with van der Waals surface area (Å²) >= 11 is 0. The summed E-state index contributed by atoms with van der Waals surface area (Å²) in [5.41, 5.74) is 16.2. The van der Waals surface area contributed by atoms with Gasteiger partial charge in [-0.2, -0.15) is 0 Å². The molecule has 26 heavy (non-hydrogen) atoms. The Morgan fingerprint density at radius 3 is 1.58 bits per heavy atom. The van der Waals surface area contributed by atoms with Gasteiger partial charge in [0, 0.05) is 24.6 Å². The highest BCUT2D eigenvalue weighted by Gasteiger charge is 2.08. The molecule has 0 saturated heterocycles. The highest BCUT2D eigenvalue weighted by Crippen LogP contribution is 2.25. The molecule has 0 unspecified atom stereocenters. The molecule has 6 nitrogen and oxygen atoms in total. The Kier molecular flexibility index (Phi) is 4.94. The van der Waals surface area contributed by atoms with Crippen LogP contribution in [0, 0.1) is 0 Å². The molecule has 0 aliphatic rings. The van der Waals surface area contributed by atoms with Crippen LogP contribution in [0.4, 0.5) is 11.9 Å². The van der Waals surface area contributed by atoms with Crippen LogP contribution >= 0.6 is 21.6 Å². The lowest BCUT2D eigenvalue weighted by molar-refractivity contribution is 0.809. The predicted octanol–water partition coefficient (Wildman–Crippen LogP) is 3.63. The lowest BCUT2D eigenvalue weighted by atomic mass is 10.3. The molecule has 0 aliphatic heterocycles. The van der Waals surface area contributed by atoms with Crippen LogP contribution in [0.15, 0.2) is 48.5 Å². The first-order chi connectivity index (χ1) is 12.7. The Hall–Kier alpha value is -2.32. The number of hydrogen-bond donors (Lipinski definition) is 2. The molecule has 4 rings (SSSR count). The molecule has 2 heterocycles. The number of anilines is 2. The average molecular weight is 385 g/mol. The van der Waals surface area contributed by atoms with Gasteiger partial charge in [-0.1, -0.05) is 45.9 Å². The van der Waals surface area contributed by atoms with Gasteiger partial charge in [0.15, 0.2) is 0 Å². The number of nitrogens with zero attached hydrogens (tertiary/aromatic N) is 4. The van der Waals surface area contributed by atoms with Crippen LogP contribution in [-0.4, -0.2) is 30.6 Å². The quantitative estimate of drug-likeness (QED) is 0.374. The molecule has 0 atom stereocenters. The summed E-state index contributed by atoms with van der Waals surface area (Å²) in [6.45, 7) is 1.69. The number of aryl methyl sites for hydroxylation is 2. The molecular weight excluding hydrogens is 364 g/mol. The SMILES string of the molecule is Nc1nc2ccccc2n1CCSSCCn1c(N)nc2ccccc21. The number of imidazole rings is 2. The number of aromatic nitrogens is 4. The third-order valence-corrected chi connectivity index (χ3v) is 6.61. The fourth-order valence-electron chi connectivity index (χ4n) is 3.03. The summed E-state index contributed by atoms with van der Waals surface area (Å²) < 4.78 is 4.15. The smallest absolute Gasteiger partial charge is 0.201 e. The van der Waals surface area contributed by atoms with Gasteiger partial charge in [-0.25, -0.2) is 9.97 Å². The molecule has 0 bridgehead atoms. The van der Waals surface area contributed by atoms with Crippen LogP contribution in [0.3, 0.4) is 0 Å². The molecule has 8 heteroatoms. The van der Waals surface area contributed by atoms with Gasteiger partial charge in [0.1, 0.15) is 0 Å². The minimum Gasteiger partial charge on any atom is -0.369 e. The second kappa shape index (κ2) is 7.51. The zero-order valence-corrected chi connectivity index (χ0v) is 15.8. The predicted molar refractivity (Wildman–Crippen MR) is 113 cm³/mol. The van der Waals surface area contributed by atoms with Gasteiger partial charge in [-0.15, -0.1) is 0 Å². The molecule has 0 saturated carbocycles. The molecule has 2 aromatic carbocycles. The molecule has 0 fully saturated rings. The van der Waals surface area contributed by atoms with Crippen molar-refractivity contribution < 1.29 is 0 Å². The van der Waals surface area contributed by atoms with Gasteiger partial charge in [0.25, 0.3) is 0 Å². The molecule has 0 radical (unpaired) electrons. The van der Waals surface area contributed by atoms with Crippen molar-refractivity contribution in [3.8, 4) is 0 Å². The molecule has 0 amide bonds. The van der Waals surface area contributed by atoms with Gasteiger partial charge >= 0.3 is 0 Å². The molecule has 134 valence electrons. The zero-order valence-electron chi connectivity index (χ0n) is 14.2. The first-order valence-electron chi connectivity index (χ1n) is 8.40. The number of nitrogen functional groups attached to an aromatic ring is 2. The first kappa shape index (κ1) is 17.1. The van der Waals surface area contributed by atoms with Crippen LogP contribution < -0.4 is 11.5 Å². The summed E-state index contributed by atoms with van der Waals surface area (Å²) in [6, 6.07) is 16.1. The normalized spacial score (nSPS) is 11.5. The van der Waals surface area contributed by atoms with E-state index in [1.54, 1.807) is 0 Å². The Morgan fingerprint density at radius 2 is 1.12 bits per heavy atom. The summed E-state index contributed by atoms with van der Waals surface area (Å²) in [6.07, 6.45) is 0. The Morgan fingerprint density at radius 1 is 0.692 bits per heavy atom. The van der Waals surface area contributed by atoms with Gasteiger partial charge in [0.2, 0.25) is 11.9 Å². The van der Waals surface area contributed by atoms with E-state index in [0.29, 0.717) is 11.9 Å². The van der Waals surface area contributed by atoms with Gasteiger partial charge in [0.05, 0.1) is 22.1 Å². The number of para-hydroxylation sites is 4. The second-order valence-electron chi connectivity index (χ2n) is 5.86. The van der Waals surface area contributed by atoms with E-state index >= 15 is 0 Å². The van der Waals surface area contributed by atoms with Crippen molar-refractivity contribution in [3.63, 3.8) is 0 Å². The number of benzene rings is 2. The van der Waals surface area contributed by atoms with Gasteiger partial charge in [-0.05, 0) is 24.3 Å². The van der Waals surface area contributed by atoms with E-state index in [-0.39, 0.29) is 0 Å². The summed E-state index contributed by atoms with van der Waals surface area (Å²) in [7, 11) is 3.68. The third-order valence-electron chi connectivity index (χ3n) is 4.25. The molecular formula is C18H20N6S2. The second-order valence-corrected chi connectivity index (χ2v) is 8.57. The molecule has 4 N–H and O–H groups in total. The van der Waals surface area contributed by atoms with E-state index in [2.05, 4.69) is 31.2 Å². The molecule has 0 aliphatic carbocycles. The van der Waals surface area contributed by atoms with Gasteiger partial charge < -0.3 is 20.6 Å². The lowest BCUT2D eigenvalue weighted by Gasteiger charge is -2.07. The maximum Gasteiger partial charge on any atom is 0.201 e. The fourth-order valence-corrected chi connectivity index (χ4v) is 4.94. The summed E-state index contributed by atoms with van der Waals surface area (Å²) in [5.74, 6) is 3.09.